The highest BCUT2D eigenvalue weighted by Crippen LogP contribution is 2.28. The zero-order valence-corrected chi connectivity index (χ0v) is 20.3. The van der Waals surface area contributed by atoms with Crippen molar-refractivity contribution in [1.29, 1.82) is 0 Å². The van der Waals surface area contributed by atoms with Crippen LogP contribution in [-0.4, -0.2) is 35.0 Å². The van der Waals surface area contributed by atoms with Crippen LogP contribution in [0.2, 0.25) is 5.02 Å². The van der Waals surface area contributed by atoms with Crippen molar-refractivity contribution in [3.8, 4) is 11.4 Å². The first-order valence-corrected chi connectivity index (χ1v) is 12.2. The zero-order chi connectivity index (χ0) is 23.5. The fraction of sp³-hybridized carbons (Fsp3) is 0.160. The molecule has 0 aliphatic heterocycles. The fourth-order valence-electron chi connectivity index (χ4n) is 3.87. The molecular formula is C25H22ClN7S. The molecule has 7 nitrogen and oxygen atoms in total. The molecule has 0 radical (unpaired) electrons. The van der Waals surface area contributed by atoms with Crippen LogP contribution in [0.4, 0.5) is 0 Å². The van der Waals surface area contributed by atoms with Gasteiger partial charge in [-0.25, -0.2) is 0 Å². The number of hydrogen-bond acceptors (Lipinski definition) is 6. The Labute approximate surface area is 206 Å². The Hall–Kier alpha value is -3.49. The Balaban J connectivity index is 1.47. The van der Waals surface area contributed by atoms with Gasteiger partial charge in [-0.2, -0.15) is 4.68 Å². The number of rotatable bonds is 7. The molecule has 0 aliphatic rings. The minimum Gasteiger partial charge on any atom is -0.274 e. The third-order valence-electron chi connectivity index (χ3n) is 5.51. The van der Waals surface area contributed by atoms with Crippen LogP contribution in [0, 0.1) is 13.8 Å². The molecule has 0 bridgehead atoms. The first-order chi connectivity index (χ1) is 16.6. The van der Waals surface area contributed by atoms with Crippen molar-refractivity contribution in [2.45, 2.75) is 31.2 Å². The van der Waals surface area contributed by atoms with Gasteiger partial charge < -0.3 is 0 Å². The highest BCUT2D eigenvalue weighted by atomic mass is 35.5. The van der Waals surface area contributed by atoms with E-state index in [2.05, 4.69) is 68.4 Å². The summed E-state index contributed by atoms with van der Waals surface area (Å²) in [5.74, 6) is 2.14. The smallest absolute Gasteiger partial charge is 0.196 e. The first kappa shape index (κ1) is 22.3. The van der Waals surface area contributed by atoms with Gasteiger partial charge in [0.15, 0.2) is 11.0 Å². The number of tetrazole rings is 1. The van der Waals surface area contributed by atoms with Gasteiger partial charge in [-0.3, -0.25) is 4.57 Å². The summed E-state index contributed by atoms with van der Waals surface area (Å²) in [5, 5.41) is 23.0. The van der Waals surface area contributed by atoms with Crippen molar-refractivity contribution in [3.05, 3.63) is 106 Å². The second-order valence-corrected chi connectivity index (χ2v) is 9.29. The summed E-state index contributed by atoms with van der Waals surface area (Å²) in [6.45, 7) is 4.13. The molecule has 2 aromatic heterocycles. The van der Waals surface area contributed by atoms with Gasteiger partial charge in [0.05, 0.1) is 11.4 Å². The van der Waals surface area contributed by atoms with E-state index in [1.807, 2.05) is 53.2 Å². The van der Waals surface area contributed by atoms with Crippen LogP contribution in [0.3, 0.4) is 0 Å². The third-order valence-corrected chi connectivity index (χ3v) is 6.68. The molecular weight excluding hydrogens is 466 g/mol. The van der Waals surface area contributed by atoms with Gasteiger partial charge in [-0.15, -0.1) is 15.3 Å². The molecule has 170 valence electrons. The summed E-state index contributed by atoms with van der Waals surface area (Å²) in [4.78, 5) is 0. The lowest BCUT2D eigenvalue weighted by Crippen LogP contribution is -2.07. The topological polar surface area (TPSA) is 74.3 Å². The molecule has 9 heteroatoms. The first-order valence-electron chi connectivity index (χ1n) is 10.8. The molecule has 5 aromatic rings. The van der Waals surface area contributed by atoms with E-state index in [9.17, 15) is 0 Å². The summed E-state index contributed by atoms with van der Waals surface area (Å²) in [7, 11) is 0. The van der Waals surface area contributed by atoms with E-state index in [0.29, 0.717) is 17.2 Å². The second kappa shape index (κ2) is 9.79. The van der Waals surface area contributed by atoms with E-state index in [1.54, 1.807) is 11.8 Å². The lowest BCUT2D eigenvalue weighted by molar-refractivity contribution is 0.768. The number of benzene rings is 3. The summed E-state index contributed by atoms with van der Waals surface area (Å²) in [5.41, 5.74) is 5.37. The summed E-state index contributed by atoms with van der Waals surface area (Å²) in [6.07, 6.45) is 0.664. The zero-order valence-electron chi connectivity index (χ0n) is 18.8. The van der Waals surface area contributed by atoms with Crippen LogP contribution < -0.4 is 0 Å². The van der Waals surface area contributed by atoms with Crippen molar-refractivity contribution in [2.75, 3.05) is 0 Å². The number of thioether (sulfide) groups is 1. The van der Waals surface area contributed by atoms with Crippen LogP contribution in [0.1, 0.15) is 28.3 Å². The normalized spacial score (nSPS) is 11.1. The molecule has 5 rings (SSSR count). The van der Waals surface area contributed by atoms with Crippen LogP contribution in [0.25, 0.3) is 11.4 Å². The fourth-order valence-corrected chi connectivity index (χ4v) is 4.88. The average molecular weight is 488 g/mol. The molecule has 0 fully saturated rings. The third kappa shape index (κ3) is 4.60. The van der Waals surface area contributed by atoms with Gasteiger partial charge in [0.2, 0.25) is 0 Å². The summed E-state index contributed by atoms with van der Waals surface area (Å²) < 4.78 is 3.88. The van der Waals surface area contributed by atoms with Crippen molar-refractivity contribution in [1.82, 2.24) is 35.0 Å². The van der Waals surface area contributed by atoms with Gasteiger partial charge in [-0.1, -0.05) is 71.9 Å². The lowest BCUT2D eigenvalue weighted by atomic mass is 10.1. The molecule has 2 heterocycles. The van der Waals surface area contributed by atoms with E-state index < -0.39 is 0 Å². The molecule has 0 atom stereocenters. The molecule has 0 saturated heterocycles. The average Bonchev–Trinajstić information content (AvgIpc) is 3.46. The Morgan fingerprint density at radius 1 is 0.794 bits per heavy atom. The highest BCUT2D eigenvalue weighted by molar-refractivity contribution is 7.98. The molecule has 0 spiro atoms. The monoisotopic (exact) mass is 487 g/mol. The maximum atomic E-state index is 6.14. The van der Waals surface area contributed by atoms with Crippen LogP contribution >= 0.6 is 23.4 Å². The second-order valence-electron chi connectivity index (χ2n) is 7.91. The van der Waals surface area contributed by atoms with Crippen molar-refractivity contribution in [3.63, 3.8) is 0 Å². The van der Waals surface area contributed by atoms with Gasteiger partial charge in [0, 0.05) is 17.1 Å². The van der Waals surface area contributed by atoms with Crippen LogP contribution in [0.5, 0.6) is 0 Å². The Bertz CT molecular complexity index is 1390. The number of nitrogens with zero attached hydrogens (tertiary/aromatic N) is 7. The van der Waals surface area contributed by atoms with Gasteiger partial charge in [0.1, 0.15) is 5.82 Å². The van der Waals surface area contributed by atoms with E-state index in [-0.39, 0.29) is 0 Å². The molecule has 0 saturated carbocycles. The molecule has 3 aromatic carbocycles. The predicted octanol–water partition coefficient (Wildman–Crippen LogP) is 5.40. The number of aryl methyl sites for hydroxylation is 2. The van der Waals surface area contributed by atoms with E-state index in [4.69, 9.17) is 11.6 Å². The molecule has 0 aliphatic carbocycles. The van der Waals surface area contributed by atoms with E-state index in [1.165, 1.54) is 5.56 Å². The maximum absolute atomic E-state index is 6.14. The number of halogens is 1. The molecule has 0 N–H and O–H groups in total. The van der Waals surface area contributed by atoms with Gasteiger partial charge in [0.25, 0.3) is 0 Å². The van der Waals surface area contributed by atoms with Crippen molar-refractivity contribution >= 4 is 23.4 Å². The van der Waals surface area contributed by atoms with Crippen LogP contribution in [-0.2, 0) is 12.2 Å². The number of aromatic nitrogens is 7. The minimum atomic E-state index is 0.540. The van der Waals surface area contributed by atoms with E-state index >= 15 is 0 Å². The maximum Gasteiger partial charge on any atom is 0.196 e. The number of para-hydroxylation sites is 1. The minimum absolute atomic E-state index is 0.540. The van der Waals surface area contributed by atoms with Gasteiger partial charge in [-0.05, 0) is 65.2 Å². The number of hydrogen-bond donors (Lipinski definition) is 0. The molecule has 34 heavy (non-hydrogen) atoms. The summed E-state index contributed by atoms with van der Waals surface area (Å²) >= 11 is 7.69. The molecule has 0 unspecified atom stereocenters. The van der Waals surface area contributed by atoms with Crippen molar-refractivity contribution in [2.24, 2.45) is 0 Å². The standard InChI is InChI=1S/C25H22ClN7S/c1-17-7-6-8-18(2)24(17)33-23(28-30-31-33)16-34-25-29-27-22(15-19-9-4-3-5-10-19)32(25)21-13-11-20(26)12-14-21/h3-14H,15-16H2,1-2H3. The summed E-state index contributed by atoms with van der Waals surface area (Å²) in [6, 6.07) is 24.1. The predicted molar refractivity (Wildman–Crippen MR) is 134 cm³/mol. The van der Waals surface area contributed by atoms with Gasteiger partial charge >= 0.3 is 0 Å². The quantitative estimate of drug-likeness (QED) is 0.286. The lowest BCUT2D eigenvalue weighted by Gasteiger charge is -2.12. The van der Waals surface area contributed by atoms with Crippen LogP contribution in [0.15, 0.2) is 78.0 Å². The highest BCUT2D eigenvalue weighted by Gasteiger charge is 2.18. The molecule has 0 amide bonds. The Kier molecular flexibility index (Phi) is 6.42. The Morgan fingerprint density at radius 2 is 1.53 bits per heavy atom. The Morgan fingerprint density at radius 3 is 2.26 bits per heavy atom. The largest absolute Gasteiger partial charge is 0.274 e. The van der Waals surface area contributed by atoms with Crippen molar-refractivity contribution < 1.29 is 0 Å². The van der Waals surface area contributed by atoms with E-state index in [0.717, 1.165) is 39.3 Å². The SMILES string of the molecule is Cc1cccc(C)c1-n1nnnc1CSc1nnc(Cc2ccccc2)n1-c1ccc(Cl)cc1.